The van der Waals surface area contributed by atoms with Crippen molar-refractivity contribution in [3.63, 3.8) is 0 Å². The van der Waals surface area contributed by atoms with Crippen molar-refractivity contribution in [3.05, 3.63) is 28.8 Å². The minimum absolute atomic E-state index is 0.0429. The van der Waals surface area contributed by atoms with Crippen molar-refractivity contribution in [2.75, 3.05) is 7.11 Å². The number of hydrogen-bond acceptors (Lipinski definition) is 6. The van der Waals surface area contributed by atoms with E-state index in [2.05, 4.69) is 4.74 Å². The van der Waals surface area contributed by atoms with E-state index in [0.29, 0.717) is 0 Å². The quantitative estimate of drug-likeness (QED) is 0.717. The summed E-state index contributed by atoms with van der Waals surface area (Å²) in [6.45, 7) is 1.50. The molecule has 0 radical (unpaired) electrons. The number of esters is 2. The molecule has 2 N–H and O–H groups in total. The number of benzene rings is 1. The molecule has 1 heterocycles. The summed E-state index contributed by atoms with van der Waals surface area (Å²) in [5.41, 5.74) is -0.101. The first-order valence-electron chi connectivity index (χ1n) is 5.30. The lowest BCUT2D eigenvalue weighted by atomic mass is 9.91. The van der Waals surface area contributed by atoms with E-state index in [-0.39, 0.29) is 22.4 Å². The zero-order valence-electron chi connectivity index (χ0n) is 9.84. The molecule has 6 nitrogen and oxygen atoms in total. The number of carbonyl (C=O) groups excluding carboxylic acids is 2. The van der Waals surface area contributed by atoms with Gasteiger partial charge in [0, 0.05) is 5.56 Å². The van der Waals surface area contributed by atoms with Gasteiger partial charge in [0.25, 0.3) is 0 Å². The Morgan fingerprint density at radius 3 is 2.72 bits per heavy atom. The predicted molar refractivity (Wildman–Crippen MR) is 59.3 cm³/mol. The van der Waals surface area contributed by atoms with Gasteiger partial charge in [0.1, 0.15) is 23.5 Å². The van der Waals surface area contributed by atoms with Gasteiger partial charge in [-0.25, -0.2) is 9.59 Å². The fourth-order valence-electron chi connectivity index (χ4n) is 1.94. The van der Waals surface area contributed by atoms with Gasteiger partial charge >= 0.3 is 11.9 Å². The number of cyclic esters (lactones) is 1. The Bertz CT molecular complexity index is 522. The lowest BCUT2D eigenvalue weighted by Gasteiger charge is -2.28. The Kier molecular flexibility index (Phi) is 2.96. The Morgan fingerprint density at radius 2 is 2.11 bits per heavy atom. The molecule has 6 heteroatoms. The molecular weight excluding hydrogens is 240 g/mol. The average Bonchev–Trinajstić information content (AvgIpc) is 2.34. The molecule has 0 amide bonds. The van der Waals surface area contributed by atoms with E-state index in [1.165, 1.54) is 26.2 Å². The van der Waals surface area contributed by atoms with Gasteiger partial charge in [0.05, 0.1) is 12.7 Å². The first-order chi connectivity index (χ1) is 8.47. The summed E-state index contributed by atoms with van der Waals surface area (Å²) in [4.78, 5) is 23.3. The Hall–Kier alpha value is -2.08. The summed E-state index contributed by atoms with van der Waals surface area (Å²) < 4.78 is 9.45. The van der Waals surface area contributed by atoms with Crippen LogP contribution in [-0.2, 0) is 9.47 Å². The molecule has 2 atom stereocenters. The fourth-order valence-corrected chi connectivity index (χ4v) is 1.94. The number of methoxy groups -OCH3 is 1. The van der Waals surface area contributed by atoms with Gasteiger partial charge in [-0.2, -0.15) is 0 Å². The summed E-state index contributed by atoms with van der Waals surface area (Å²) in [6.07, 6.45) is -1.98. The average molecular weight is 252 g/mol. The third-order valence-corrected chi connectivity index (χ3v) is 2.87. The standard InChI is InChI=1S/C12H12O6/c1-5-10(14)8-6(11(15)17-2)3-4-7(13)9(8)12(16)18-5/h3-5,10,13-14H,1-2H3/t5-,10-/m1/s1. The predicted octanol–water partition coefficient (Wildman–Crippen LogP) is 0.771. The molecule has 1 aromatic carbocycles. The third kappa shape index (κ3) is 1.70. The minimum Gasteiger partial charge on any atom is -0.507 e. The van der Waals surface area contributed by atoms with E-state index >= 15 is 0 Å². The Morgan fingerprint density at radius 1 is 1.44 bits per heavy atom. The first kappa shape index (κ1) is 12.4. The molecule has 0 fully saturated rings. The summed E-state index contributed by atoms with van der Waals surface area (Å²) in [5.74, 6) is -1.80. The molecule has 0 unspecified atom stereocenters. The summed E-state index contributed by atoms with van der Waals surface area (Å²) in [7, 11) is 1.19. The molecule has 0 aromatic heterocycles. The number of phenolic OH excluding ortho intramolecular Hbond substituents is 1. The van der Waals surface area contributed by atoms with Gasteiger partial charge in [-0.05, 0) is 19.1 Å². The van der Waals surface area contributed by atoms with Crippen molar-refractivity contribution in [1.82, 2.24) is 0 Å². The molecule has 1 aromatic rings. The molecule has 2 rings (SSSR count). The number of rotatable bonds is 1. The Balaban J connectivity index is 2.71. The molecule has 1 aliphatic rings. The van der Waals surface area contributed by atoms with Crippen LogP contribution in [0.2, 0.25) is 0 Å². The van der Waals surface area contributed by atoms with E-state index in [9.17, 15) is 19.8 Å². The third-order valence-electron chi connectivity index (χ3n) is 2.87. The molecule has 0 aliphatic carbocycles. The fraction of sp³-hybridized carbons (Fsp3) is 0.333. The second kappa shape index (κ2) is 4.30. The molecule has 0 spiro atoms. The van der Waals surface area contributed by atoms with Gasteiger partial charge in [-0.3, -0.25) is 0 Å². The van der Waals surface area contributed by atoms with Crippen LogP contribution in [0, 0.1) is 0 Å². The van der Waals surface area contributed by atoms with Gasteiger partial charge < -0.3 is 19.7 Å². The van der Waals surface area contributed by atoms with Crippen LogP contribution in [0.25, 0.3) is 0 Å². The number of phenols is 1. The smallest absolute Gasteiger partial charge is 0.342 e. The molecule has 0 saturated heterocycles. The van der Waals surface area contributed by atoms with Crippen LogP contribution in [0.3, 0.4) is 0 Å². The molecule has 0 bridgehead atoms. The lowest BCUT2D eigenvalue weighted by molar-refractivity contribution is -0.0221. The number of hydrogen-bond donors (Lipinski definition) is 2. The van der Waals surface area contributed by atoms with Crippen LogP contribution in [0.1, 0.15) is 39.3 Å². The second-order valence-electron chi connectivity index (χ2n) is 3.97. The van der Waals surface area contributed by atoms with Crippen molar-refractivity contribution < 1.29 is 29.3 Å². The zero-order chi connectivity index (χ0) is 13.4. The van der Waals surface area contributed by atoms with E-state index in [4.69, 9.17) is 4.74 Å². The highest BCUT2D eigenvalue weighted by molar-refractivity contribution is 6.01. The van der Waals surface area contributed by atoms with Gasteiger partial charge in [-0.15, -0.1) is 0 Å². The summed E-state index contributed by atoms with van der Waals surface area (Å²) in [6, 6.07) is 2.49. The highest BCUT2D eigenvalue weighted by atomic mass is 16.6. The maximum atomic E-state index is 11.7. The number of aliphatic hydroxyl groups excluding tert-OH is 1. The molecule has 96 valence electrons. The number of carbonyl (C=O) groups is 2. The first-order valence-corrected chi connectivity index (χ1v) is 5.30. The summed E-state index contributed by atoms with van der Waals surface area (Å²) >= 11 is 0. The van der Waals surface area contributed by atoms with Crippen molar-refractivity contribution >= 4 is 11.9 Å². The largest absolute Gasteiger partial charge is 0.507 e. The van der Waals surface area contributed by atoms with Crippen LogP contribution in [0.4, 0.5) is 0 Å². The number of fused-ring (bicyclic) bond motifs is 1. The highest BCUT2D eigenvalue weighted by Crippen LogP contribution is 2.37. The van der Waals surface area contributed by atoms with Crippen LogP contribution in [-0.4, -0.2) is 35.4 Å². The van der Waals surface area contributed by atoms with Crippen molar-refractivity contribution in [2.45, 2.75) is 19.1 Å². The van der Waals surface area contributed by atoms with Crippen LogP contribution in [0.5, 0.6) is 5.75 Å². The maximum absolute atomic E-state index is 11.7. The van der Waals surface area contributed by atoms with Crippen LogP contribution >= 0.6 is 0 Å². The lowest BCUT2D eigenvalue weighted by Crippen LogP contribution is -2.31. The monoisotopic (exact) mass is 252 g/mol. The van der Waals surface area contributed by atoms with Crippen molar-refractivity contribution in [1.29, 1.82) is 0 Å². The Labute approximate surface area is 103 Å². The number of ether oxygens (including phenoxy) is 2. The van der Waals surface area contributed by atoms with Gasteiger partial charge in [0.15, 0.2) is 0 Å². The van der Waals surface area contributed by atoms with Gasteiger partial charge in [-0.1, -0.05) is 0 Å². The summed E-state index contributed by atoms with van der Waals surface area (Å²) in [5, 5.41) is 19.6. The van der Waals surface area contributed by atoms with Crippen LogP contribution < -0.4 is 0 Å². The van der Waals surface area contributed by atoms with Gasteiger partial charge in [0.2, 0.25) is 0 Å². The topological polar surface area (TPSA) is 93.1 Å². The van der Waals surface area contributed by atoms with E-state index < -0.39 is 24.1 Å². The maximum Gasteiger partial charge on any atom is 0.342 e. The molecule has 1 aliphatic heterocycles. The van der Waals surface area contributed by atoms with E-state index in [0.717, 1.165) is 0 Å². The van der Waals surface area contributed by atoms with E-state index in [1.54, 1.807) is 0 Å². The second-order valence-corrected chi connectivity index (χ2v) is 3.97. The minimum atomic E-state index is -1.18. The number of aliphatic hydroxyl groups is 1. The molecule has 0 saturated carbocycles. The highest BCUT2D eigenvalue weighted by Gasteiger charge is 2.37. The van der Waals surface area contributed by atoms with E-state index in [1.807, 2.05) is 0 Å². The van der Waals surface area contributed by atoms with Crippen molar-refractivity contribution in [2.24, 2.45) is 0 Å². The molecule has 18 heavy (non-hydrogen) atoms. The molecular formula is C12H12O6. The van der Waals surface area contributed by atoms with Crippen LogP contribution in [0.15, 0.2) is 12.1 Å². The normalized spacial score (nSPS) is 22.1. The zero-order valence-corrected chi connectivity index (χ0v) is 9.84. The van der Waals surface area contributed by atoms with Crippen molar-refractivity contribution in [3.8, 4) is 5.75 Å². The SMILES string of the molecule is COC(=O)c1ccc(O)c2c1[C@H](O)[C@@H](C)OC2=O. The number of aromatic hydroxyl groups is 1.